The second kappa shape index (κ2) is 6.97. The normalized spacial score (nSPS) is 12.8. The third kappa shape index (κ3) is 3.54. The van der Waals surface area contributed by atoms with Crippen LogP contribution in [-0.4, -0.2) is 45.0 Å². The zero-order chi connectivity index (χ0) is 19.7. The van der Waals surface area contributed by atoms with Gasteiger partial charge in [-0.15, -0.1) is 10.2 Å². The lowest BCUT2D eigenvalue weighted by Crippen LogP contribution is -2.11. The first-order chi connectivity index (χ1) is 13.4. The van der Waals surface area contributed by atoms with E-state index < -0.39 is 15.9 Å². The minimum Gasteiger partial charge on any atom is -0.337 e. The van der Waals surface area contributed by atoms with Crippen LogP contribution in [0.25, 0.3) is 22.8 Å². The lowest BCUT2D eigenvalue weighted by atomic mass is 10.2. The SMILES string of the molecule is CC(c1nc(-c2ccc(S(C)(=O)=O)cc2)no1)n1nnc(-c2ccccc2)n1. The van der Waals surface area contributed by atoms with Gasteiger partial charge in [-0.2, -0.15) is 9.78 Å². The zero-order valence-corrected chi connectivity index (χ0v) is 15.9. The predicted molar refractivity (Wildman–Crippen MR) is 99.9 cm³/mol. The van der Waals surface area contributed by atoms with E-state index in [4.69, 9.17) is 4.52 Å². The van der Waals surface area contributed by atoms with Crippen molar-refractivity contribution >= 4 is 9.84 Å². The maximum absolute atomic E-state index is 11.6. The van der Waals surface area contributed by atoms with Crippen LogP contribution in [0.5, 0.6) is 0 Å². The highest BCUT2D eigenvalue weighted by Crippen LogP contribution is 2.22. The summed E-state index contributed by atoms with van der Waals surface area (Å²) in [4.78, 5) is 6.01. The van der Waals surface area contributed by atoms with Crippen molar-refractivity contribution in [2.24, 2.45) is 0 Å². The lowest BCUT2D eigenvalue weighted by Gasteiger charge is -2.03. The minimum absolute atomic E-state index is 0.230. The first-order valence-corrected chi connectivity index (χ1v) is 10.3. The molecule has 9 nitrogen and oxygen atoms in total. The van der Waals surface area contributed by atoms with Crippen molar-refractivity contribution in [1.82, 2.24) is 30.3 Å². The Morgan fingerprint density at radius 2 is 1.64 bits per heavy atom. The Morgan fingerprint density at radius 1 is 0.964 bits per heavy atom. The number of aromatic nitrogens is 6. The Morgan fingerprint density at radius 3 is 2.32 bits per heavy atom. The highest BCUT2D eigenvalue weighted by atomic mass is 32.2. The van der Waals surface area contributed by atoms with E-state index in [1.165, 1.54) is 16.9 Å². The van der Waals surface area contributed by atoms with Gasteiger partial charge >= 0.3 is 0 Å². The summed E-state index contributed by atoms with van der Waals surface area (Å²) in [7, 11) is -3.26. The maximum Gasteiger partial charge on any atom is 0.253 e. The Bertz CT molecular complexity index is 1200. The van der Waals surface area contributed by atoms with Gasteiger partial charge in [0, 0.05) is 17.4 Å². The molecule has 0 saturated carbocycles. The summed E-state index contributed by atoms with van der Waals surface area (Å²) < 4.78 is 28.5. The maximum atomic E-state index is 11.6. The van der Waals surface area contributed by atoms with E-state index in [1.54, 1.807) is 12.1 Å². The fraction of sp³-hybridized carbons (Fsp3) is 0.167. The van der Waals surface area contributed by atoms with E-state index in [2.05, 4.69) is 25.6 Å². The fourth-order valence-corrected chi connectivity index (χ4v) is 3.19. The number of hydrogen-bond acceptors (Lipinski definition) is 8. The first-order valence-electron chi connectivity index (χ1n) is 8.41. The van der Waals surface area contributed by atoms with Crippen LogP contribution < -0.4 is 0 Å². The van der Waals surface area contributed by atoms with E-state index in [1.807, 2.05) is 37.3 Å². The summed E-state index contributed by atoms with van der Waals surface area (Å²) in [5.74, 6) is 1.17. The van der Waals surface area contributed by atoms with Gasteiger partial charge in [0.05, 0.1) is 4.90 Å². The van der Waals surface area contributed by atoms with E-state index in [0.29, 0.717) is 23.1 Å². The molecule has 0 radical (unpaired) electrons. The minimum atomic E-state index is -3.26. The van der Waals surface area contributed by atoms with Crippen LogP contribution in [-0.2, 0) is 9.84 Å². The molecule has 2 aromatic heterocycles. The molecule has 0 N–H and O–H groups in total. The largest absolute Gasteiger partial charge is 0.337 e. The van der Waals surface area contributed by atoms with Crippen molar-refractivity contribution in [3.05, 3.63) is 60.5 Å². The molecule has 0 aliphatic heterocycles. The quantitative estimate of drug-likeness (QED) is 0.505. The van der Waals surface area contributed by atoms with Gasteiger partial charge in [0.25, 0.3) is 5.89 Å². The molecule has 4 aromatic rings. The number of hydrogen-bond donors (Lipinski definition) is 0. The molecular formula is C18H16N6O3S. The smallest absolute Gasteiger partial charge is 0.253 e. The van der Waals surface area contributed by atoms with Gasteiger partial charge in [-0.3, -0.25) is 0 Å². The molecule has 1 atom stereocenters. The average molecular weight is 396 g/mol. The molecular weight excluding hydrogens is 380 g/mol. The fourth-order valence-electron chi connectivity index (χ4n) is 2.56. The van der Waals surface area contributed by atoms with Crippen LogP contribution in [0.2, 0.25) is 0 Å². The third-order valence-corrected chi connectivity index (χ3v) is 5.27. The molecule has 0 bridgehead atoms. The van der Waals surface area contributed by atoms with Crippen molar-refractivity contribution < 1.29 is 12.9 Å². The average Bonchev–Trinajstić information content (AvgIpc) is 3.38. The van der Waals surface area contributed by atoms with Crippen molar-refractivity contribution in [1.29, 1.82) is 0 Å². The standard InChI is InChI=1S/C18H16N6O3S/c1-12(24-21-17(20-23-24)13-6-4-3-5-7-13)18-19-16(22-27-18)14-8-10-15(11-9-14)28(2,25)26/h3-12H,1-2H3. The van der Waals surface area contributed by atoms with Gasteiger partial charge in [-0.25, -0.2) is 8.42 Å². The van der Waals surface area contributed by atoms with Crippen LogP contribution >= 0.6 is 0 Å². The molecule has 142 valence electrons. The van der Waals surface area contributed by atoms with Crippen molar-refractivity contribution in [3.8, 4) is 22.8 Å². The summed E-state index contributed by atoms with van der Waals surface area (Å²) in [5.41, 5.74) is 1.50. The van der Waals surface area contributed by atoms with E-state index >= 15 is 0 Å². The number of nitrogens with zero attached hydrogens (tertiary/aromatic N) is 6. The van der Waals surface area contributed by atoms with Crippen molar-refractivity contribution in [2.75, 3.05) is 6.26 Å². The lowest BCUT2D eigenvalue weighted by molar-refractivity contribution is 0.320. The monoisotopic (exact) mass is 396 g/mol. The summed E-state index contributed by atoms with van der Waals surface area (Å²) in [6, 6.07) is 15.4. The first kappa shape index (κ1) is 18.0. The molecule has 0 aliphatic rings. The number of rotatable bonds is 5. The van der Waals surface area contributed by atoms with Gasteiger partial charge in [0.15, 0.2) is 9.84 Å². The Hall–Kier alpha value is -3.40. The molecule has 0 aliphatic carbocycles. The van der Waals surface area contributed by atoms with Crippen LogP contribution in [0.15, 0.2) is 64.0 Å². The molecule has 4 rings (SSSR count). The van der Waals surface area contributed by atoms with E-state index in [9.17, 15) is 8.42 Å². The Kier molecular flexibility index (Phi) is 4.47. The molecule has 28 heavy (non-hydrogen) atoms. The van der Waals surface area contributed by atoms with Crippen molar-refractivity contribution in [3.63, 3.8) is 0 Å². The zero-order valence-electron chi connectivity index (χ0n) is 15.1. The molecule has 0 amide bonds. The van der Waals surface area contributed by atoms with Gasteiger partial charge in [0.1, 0.15) is 6.04 Å². The van der Waals surface area contributed by atoms with Crippen LogP contribution in [0.4, 0.5) is 0 Å². The number of sulfone groups is 1. The second-order valence-electron chi connectivity index (χ2n) is 6.23. The van der Waals surface area contributed by atoms with Gasteiger partial charge in [-0.1, -0.05) is 35.5 Å². The predicted octanol–water partition coefficient (Wildman–Crippen LogP) is 2.40. The summed E-state index contributed by atoms with van der Waals surface area (Å²) in [6.45, 7) is 1.82. The highest BCUT2D eigenvalue weighted by molar-refractivity contribution is 7.90. The van der Waals surface area contributed by atoms with Crippen LogP contribution in [0.3, 0.4) is 0 Å². The molecule has 2 aromatic carbocycles. The summed E-state index contributed by atoms with van der Waals surface area (Å²) >= 11 is 0. The number of benzene rings is 2. The molecule has 1 unspecified atom stereocenters. The Labute approximate surface area is 160 Å². The van der Waals surface area contributed by atoms with E-state index in [0.717, 1.165) is 11.8 Å². The molecule has 2 heterocycles. The van der Waals surface area contributed by atoms with Crippen LogP contribution in [0, 0.1) is 0 Å². The number of tetrazole rings is 1. The van der Waals surface area contributed by atoms with Crippen molar-refractivity contribution in [2.45, 2.75) is 17.9 Å². The molecule has 0 spiro atoms. The molecule has 0 saturated heterocycles. The second-order valence-corrected chi connectivity index (χ2v) is 8.24. The highest BCUT2D eigenvalue weighted by Gasteiger charge is 2.20. The van der Waals surface area contributed by atoms with Crippen LogP contribution in [0.1, 0.15) is 18.9 Å². The summed E-state index contributed by atoms with van der Waals surface area (Å²) in [5, 5.41) is 16.5. The Balaban J connectivity index is 1.57. The molecule has 0 fully saturated rings. The van der Waals surface area contributed by atoms with E-state index in [-0.39, 0.29) is 4.90 Å². The third-order valence-electron chi connectivity index (χ3n) is 4.15. The summed E-state index contributed by atoms with van der Waals surface area (Å²) in [6.07, 6.45) is 1.16. The van der Waals surface area contributed by atoms with Gasteiger partial charge in [0.2, 0.25) is 11.6 Å². The topological polar surface area (TPSA) is 117 Å². The van der Waals surface area contributed by atoms with Gasteiger partial charge < -0.3 is 4.52 Å². The molecule has 10 heteroatoms. The van der Waals surface area contributed by atoms with Gasteiger partial charge in [-0.05, 0) is 36.4 Å².